The van der Waals surface area contributed by atoms with Gasteiger partial charge in [0.25, 0.3) is 0 Å². The van der Waals surface area contributed by atoms with E-state index in [1.165, 1.54) is 5.56 Å². The second-order valence-electron chi connectivity index (χ2n) is 4.40. The van der Waals surface area contributed by atoms with Crippen LogP contribution in [0.1, 0.15) is 17.1 Å². The molecule has 0 unspecified atom stereocenters. The van der Waals surface area contributed by atoms with Gasteiger partial charge in [-0.25, -0.2) is 0 Å². The first kappa shape index (κ1) is 9.33. The number of hydrogen-bond donors (Lipinski definition) is 0. The fourth-order valence-electron chi connectivity index (χ4n) is 1.20. The van der Waals surface area contributed by atoms with E-state index in [9.17, 15) is 0 Å². The Hall–Kier alpha value is -0.760. The van der Waals surface area contributed by atoms with Gasteiger partial charge in [-0.05, 0) is 25.5 Å². The summed E-state index contributed by atoms with van der Waals surface area (Å²) in [5.41, 5.74) is 1.25. The quantitative estimate of drug-likeness (QED) is 0.616. The van der Waals surface area contributed by atoms with Crippen molar-refractivity contribution in [3.63, 3.8) is 0 Å². The average Bonchev–Trinajstić information content (AvgIpc) is 2.07. The summed E-state index contributed by atoms with van der Waals surface area (Å²) in [6.07, 6.45) is 0. The maximum Gasteiger partial charge on any atom is 0.158 e. The molecule has 1 heterocycles. The molecule has 1 aromatic heterocycles. The Labute approximate surface area is 74.4 Å². The van der Waals surface area contributed by atoms with Crippen LogP contribution in [0.5, 0.6) is 0 Å². The van der Waals surface area contributed by atoms with E-state index in [0.29, 0.717) is 0 Å². The molecule has 0 aromatic carbocycles. The van der Waals surface area contributed by atoms with Crippen molar-refractivity contribution < 1.29 is 8.90 Å². The molecule has 0 fully saturated rings. The summed E-state index contributed by atoms with van der Waals surface area (Å²) in [5.74, 6) is 2.12. The van der Waals surface area contributed by atoms with Gasteiger partial charge < -0.3 is 8.90 Å². The minimum Gasteiger partial charge on any atom is -0.460 e. The van der Waals surface area contributed by atoms with Gasteiger partial charge in [-0.3, -0.25) is 0 Å². The summed E-state index contributed by atoms with van der Waals surface area (Å²) < 4.78 is 6.48. The van der Waals surface area contributed by atoms with E-state index in [4.69, 9.17) is 4.42 Å². The van der Waals surface area contributed by atoms with Crippen LogP contribution in [-0.2, 0) is 6.54 Å². The zero-order valence-corrected chi connectivity index (χ0v) is 8.64. The lowest BCUT2D eigenvalue weighted by Crippen LogP contribution is -2.33. The summed E-state index contributed by atoms with van der Waals surface area (Å²) >= 11 is 0. The van der Waals surface area contributed by atoms with E-state index in [2.05, 4.69) is 34.1 Å². The third-order valence-corrected chi connectivity index (χ3v) is 1.85. The Bertz CT molecular complexity index is 248. The number of quaternary nitrogens is 1. The second kappa shape index (κ2) is 2.94. The highest BCUT2D eigenvalue weighted by molar-refractivity contribution is 5.18. The molecule has 68 valence electrons. The van der Waals surface area contributed by atoms with Crippen LogP contribution in [0.25, 0.3) is 0 Å². The maximum absolute atomic E-state index is 5.57. The average molecular weight is 168 g/mol. The Morgan fingerprint density at radius 3 is 2.17 bits per heavy atom. The molecule has 2 heteroatoms. The summed E-state index contributed by atoms with van der Waals surface area (Å²) in [7, 11) is 6.48. The summed E-state index contributed by atoms with van der Waals surface area (Å²) in [6.45, 7) is 5.04. The third-order valence-electron chi connectivity index (χ3n) is 1.85. The van der Waals surface area contributed by atoms with Gasteiger partial charge >= 0.3 is 0 Å². The minimum absolute atomic E-state index is 0.909. The molecule has 0 aliphatic rings. The number of aryl methyl sites for hydroxylation is 2. The zero-order valence-electron chi connectivity index (χ0n) is 8.64. The highest BCUT2D eigenvalue weighted by Gasteiger charge is 2.12. The van der Waals surface area contributed by atoms with E-state index >= 15 is 0 Å². The van der Waals surface area contributed by atoms with Crippen LogP contribution in [0.3, 0.4) is 0 Å². The van der Waals surface area contributed by atoms with Gasteiger partial charge in [-0.2, -0.15) is 0 Å². The zero-order chi connectivity index (χ0) is 9.35. The predicted molar refractivity (Wildman–Crippen MR) is 49.9 cm³/mol. The van der Waals surface area contributed by atoms with Crippen molar-refractivity contribution in [1.29, 1.82) is 0 Å². The molecule has 1 aromatic rings. The van der Waals surface area contributed by atoms with Crippen molar-refractivity contribution in [2.45, 2.75) is 20.4 Å². The van der Waals surface area contributed by atoms with E-state index in [-0.39, 0.29) is 0 Å². The maximum atomic E-state index is 5.57. The van der Waals surface area contributed by atoms with Crippen LogP contribution in [-0.4, -0.2) is 25.6 Å². The smallest absolute Gasteiger partial charge is 0.158 e. The second-order valence-corrected chi connectivity index (χ2v) is 4.40. The standard InChI is InChI=1S/C10H18NO/c1-8-6-10(12-9(8)2)7-11(3,4)5/h6H,7H2,1-5H3/q+1. The first-order chi connectivity index (χ1) is 5.38. The number of hydrogen-bond acceptors (Lipinski definition) is 1. The molecule has 2 nitrogen and oxygen atoms in total. The molecular formula is C10H18NO+. The molecule has 0 atom stereocenters. The monoisotopic (exact) mass is 168 g/mol. The van der Waals surface area contributed by atoms with Crippen LogP contribution in [0.15, 0.2) is 10.5 Å². The van der Waals surface area contributed by atoms with Crippen molar-refractivity contribution in [2.24, 2.45) is 0 Å². The number of nitrogens with zero attached hydrogens (tertiary/aromatic N) is 1. The largest absolute Gasteiger partial charge is 0.460 e. The van der Waals surface area contributed by atoms with Gasteiger partial charge in [0.15, 0.2) is 5.76 Å². The molecule has 0 aliphatic heterocycles. The van der Waals surface area contributed by atoms with Gasteiger partial charge in [-0.15, -0.1) is 0 Å². The highest BCUT2D eigenvalue weighted by atomic mass is 16.3. The van der Waals surface area contributed by atoms with E-state index in [0.717, 1.165) is 22.5 Å². The molecule has 0 spiro atoms. The summed E-state index contributed by atoms with van der Waals surface area (Å²) in [5, 5.41) is 0. The van der Waals surface area contributed by atoms with Crippen LogP contribution in [0.4, 0.5) is 0 Å². The van der Waals surface area contributed by atoms with Crippen molar-refractivity contribution in [3.05, 3.63) is 23.2 Å². The first-order valence-corrected chi connectivity index (χ1v) is 4.25. The fourth-order valence-corrected chi connectivity index (χ4v) is 1.20. The Morgan fingerprint density at radius 2 is 1.83 bits per heavy atom. The van der Waals surface area contributed by atoms with Crippen molar-refractivity contribution in [3.8, 4) is 0 Å². The normalized spacial score (nSPS) is 12.1. The van der Waals surface area contributed by atoms with E-state index in [1.807, 2.05) is 6.92 Å². The topological polar surface area (TPSA) is 13.1 Å². The summed E-state index contributed by atoms with van der Waals surface area (Å²) in [6, 6.07) is 2.12. The molecule has 1 rings (SSSR count). The number of rotatable bonds is 2. The highest BCUT2D eigenvalue weighted by Crippen LogP contribution is 2.15. The van der Waals surface area contributed by atoms with Crippen molar-refractivity contribution >= 4 is 0 Å². The minimum atomic E-state index is 0.909. The molecule has 0 aliphatic carbocycles. The molecule has 0 radical (unpaired) electrons. The lowest BCUT2D eigenvalue weighted by molar-refractivity contribution is -0.884. The van der Waals surface area contributed by atoms with Crippen LogP contribution < -0.4 is 0 Å². The van der Waals surface area contributed by atoms with Gasteiger partial charge in [0.1, 0.15) is 12.3 Å². The van der Waals surface area contributed by atoms with Crippen LogP contribution in [0.2, 0.25) is 0 Å². The van der Waals surface area contributed by atoms with Gasteiger partial charge in [-0.1, -0.05) is 0 Å². The first-order valence-electron chi connectivity index (χ1n) is 4.25. The van der Waals surface area contributed by atoms with Gasteiger partial charge in [0, 0.05) is 0 Å². The predicted octanol–water partition coefficient (Wildman–Crippen LogP) is 2.10. The lowest BCUT2D eigenvalue weighted by atomic mass is 10.3. The molecule has 0 saturated heterocycles. The molecule has 12 heavy (non-hydrogen) atoms. The lowest BCUT2D eigenvalue weighted by Gasteiger charge is -2.22. The van der Waals surface area contributed by atoms with E-state index < -0.39 is 0 Å². The molecule has 0 bridgehead atoms. The van der Waals surface area contributed by atoms with Crippen LogP contribution >= 0.6 is 0 Å². The molecule has 0 amide bonds. The molecule has 0 saturated carbocycles. The third kappa shape index (κ3) is 2.38. The molecular weight excluding hydrogens is 150 g/mol. The van der Waals surface area contributed by atoms with Crippen LogP contribution in [0, 0.1) is 13.8 Å². The van der Waals surface area contributed by atoms with Gasteiger partial charge in [0.05, 0.1) is 21.1 Å². The van der Waals surface area contributed by atoms with E-state index in [1.54, 1.807) is 0 Å². The Morgan fingerprint density at radius 1 is 1.25 bits per heavy atom. The SMILES string of the molecule is Cc1cc(C[N+](C)(C)C)oc1C. The summed E-state index contributed by atoms with van der Waals surface area (Å²) in [4.78, 5) is 0. The van der Waals surface area contributed by atoms with Gasteiger partial charge in [0.2, 0.25) is 0 Å². The number of furan rings is 1. The Balaban J connectivity index is 2.77. The Kier molecular flexibility index (Phi) is 2.29. The van der Waals surface area contributed by atoms with Crippen molar-refractivity contribution in [1.82, 2.24) is 0 Å². The molecule has 0 N–H and O–H groups in total. The fraction of sp³-hybridized carbons (Fsp3) is 0.600. The van der Waals surface area contributed by atoms with Crippen molar-refractivity contribution in [2.75, 3.05) is 21.1 Å².